The molecule has 2 aromatic heterocycles. The van der Waals surface area contributed by atoms with Gasteiger partial charge in [0.1, 0.15) is 3.70 Å². The van der Waals surface area contributed by atoms with Crippen LogP contribution in [0, 0.1) is 9.52 Å². The molecule has 0 saturated carbocycles. The van der Waals surface area contributed by atoms with E-state index in [9.17, 15) is 17.6 Å². The van der Waals surface area contributed by atoms with Gasteiger partial charge in [-0.25, -0.2) is 4.39 Å². The van der Waals surface area contributed by atoms with E-state index in [1.54, 1.807) is 0 Å². The Morgan fingerprint density at radius 2 is 2.00 bits per heavy atom. The molecule has 0 aliphatic rings. The van der Waals surface area contributed by atoms with E-state index in [2.05, 4.69) is 15.2 Å². The van der Waals surface area contributed by atoms with E-state index in [0.717, 1.165) is 21.2 Å². The zero-order valence-electron chi connectivity index (χ0n) is 12.2. The summed E-state index contributed by atoms with van der Waals surface area (Å²) in [6, 6.07) is 3.58. The summed E-state index contributed by atoms with van der Waals surface area (Å²) in [5.41, 5.74) is 0.702. The fourth-order valence-electron chi connectivity index (χ4n) is 2.38. The van der Waals surface area contributed by atoms with Gasteiger partial charge in [0.25, 0.3) is 0 Å². The molecule has 24 heavy (non-hydrogen) atoms. The minimum Gasteiger partial charge on any atom is -0.494 e. The van der Waals surface area contributed by atoms with Crippen molar-refractivity contribution in [3.8, 4) is 17.0 Å². The van der Waals surface area contributed by atoms with Gasteiger partial charge >= 0.3 is 6.18 Å². The number of alkyl halides is 3. The number of rotatable bonds is 3. The number of nitrogens with zero attached hydrogens (tertiary/aromatic N) is 2. The maximum absolute atomic E-state index is 14.0. The van der Waals surface area contributed by atoms with E-state index in [1.807, 2.05) is 22.6 Å². The van der Waals surface area contributed by atoms with Crippen LogP contribution < -0.4 is 4.74 Å². The number of pyridine rings is 1. The summed E-state index contributed by atoms with van der Waals surface area (Å²) in [5.74, 6) is -0.995. The first-order valence-electron chi connectivity index (χ1n) is 6.71. The lowest BCUT2D eigenvalue weighted by molar-refractivity contribution is -0.127. The SMILES string of the molecule is COc1cc(CC(F)(F)F)c(-c2cc3n[nH]c(I)c3cn2)cc1F. The Bertz CT molecular complexity index is 908. The number of fused-ring (bicyclic) bond motifs is 1. The van der Waals surface area contributed by atoms with Crippen molar-refractivity contribution < 1.29 is 22.3 Å². The molecule has 126 valence electrons. The third-order valence-corrected chi connectivity index (χ3v) is 4.26. The number of hydrogen-bond donors (Lipinski definition) is 1. The summed E-state index contributed by atoms with van der Waals surface area (Å²) in [5, 5.41) is 7.55. The highest BCUT2D eigenvalue weighted by molar-refractivity contribution is 14.1. The normalized spacial score (nSPS) is 11.9. The van der Waals surface area contributed by atoms with Crippen molar-refractivity contribution in [3.05, 3.63) is 39.5 Å². The molecule has 3 rings (SSSR count). The van der Waals surface area contributed by atoms with Crippen molar-refractivity contribution in [1.29, 1.82) is 0 Å². The molecule has 2 heterocycles. The number of methoxy groups -OCH3 is 1. The van der Waals surface area contributed by atoms with Crippen LogP contribution in [0.1, 0.15) is 5.56 Å². The van der Waals surface area contributed by atoms with Crippen LogP contribution in [0.4, 0.5) is 17.6 Å². The van der Waals surface area contributed by atoms with Gasteiger partial charge in [0.05, 0.1) is 30.1 Å². The number of benzene rings is 1. The lowest BCUT2D eigenvalue weighted by Gasteiger charge is -2.14. The zero-order valence-corrected chi connectivity index (χ0v) is 14.4. The van der Waals surface area contributed by atoms with Crippen molar-refractivity contribution in [1.82, 2.24) is 15.2 Å². The fourth-order valence-corrected chi connectivity index (χ4v) is 2.91. The predicted molar refractivity (Wildman–Crippen MR) is 88.3 cm³/mol. The Labute approximate surface area is 147 Å². The number of aromatic amines is 1. The van der Waals surface area contributed by atoms with E-state index in [1.165, 1.54) is 19.4 Å². The molecule has 9 heteroatoms. The van der Waals surface area contributed by atoms with Crippen molar-refractivity contribution >= 4 is 33.5 Å². The number of ether oxygens (including phenoxy) is 1. The second-order valence-electron chi connectivity index (χ2n) is 5.06. The van der Waals surface area contributed by atoms with Gasteiger partial charge in [-0.3, -0.25) is 10.1 Å². The van der Waals surface area contributed by atoms with Crippen molar-refractivity contribution in [2.75, 3.05) is 7.11 Å². The molecule has 0 fully saturated rings. The smallest absolute Gasteiger partial charge is 0.393 e. The van der Waals surface area contributed by atoms with Crippen LogP contribution in [-0.2, 0) is 6.42 Å². The van der Waals surface area contributed by atoms with E-state index in [0.29, 0.717) is 5.52 Å². The Hall–Kier alpha value is -1.91. The van der Waals surface area contributed by atoms with E-state index in [-0.39, 0.29) is 22.6 Å². The molecular weight excluding hydrogens is 441 g/mol. The Morgan fingerprint density at radius 1 is 1.25 bits per heavy atom. The Balaban J connectivity index is 2.17. The summed E-state index contributed by atoms with van der Waals surface area (Å²) in [6.07, 6.45) is -4.16. The highest BCUT2D eigenvalue weighted by Crippen LogP contribution is 2.34. The molecule has 0 aliphatic carbocycles. The Morgan fingerprint density at radius 3 is 2.67 bits per heavy atom. The average molecular weight is 451 g/mol. The molecule has 0 bridgehead atoms. The van der Waals surface area contributed by atoms with Gasteiger partial charge < -0.3 is 4.74 Å². The van der Waals surface area contributed by atoms with Gasteiger partial charge in [-0.2, -0.15) is 18.3 Å². The minimum atomic E-state index is -4.44. The molecule has 0 amide bonds. The van der Waals surface area contributed by atoms with Crippen LogP contribution in [0.2, 0.25) is 0 Å². The minimum absolute atomic E-state index is 0.0607. The standard InChI is InChI=1S/C15H10F4IN3O/c1-24-13-2-7(5-15(17,18)19)8(3-10(13)16)11-4-12-9(6-21-11)14(20)23-22-12/h2-4,6H,5H2,1H3,(H,22,23). The summed E-state index contributed by atoms with van der Waals surface area (Å²) in [4.78, 5) is 4.16. The van der Waals surface area contributed by atoms with Crippen molar-refractivity contribution in [2.45, 2.75) is 12.6 Å². The molecule has 0 radical (unpaired) electrons. The molecule has 1 aromatic carbocycles. The van der Waals surface area contributed by atoms with E-state index >= 15 is 0 Å². The second-order valence-corrected chi connectivity index (χ2v) is 6.14. The number of hydrogen-bond acceptors (Lipinski definition) is 3. The van der Waals surface area contributed by atoms with Crippen molar-refractivity contribution in [2.24, 2.45) is 0 Å². The quantitative estimate of drug-likeness (QED) is 0.472. The first kappa shape index (κ1) is 16.9. The molecule has 0 unspecified atom stereocenters. The number of H-pyrrole nitrogens is 1. The highest BCUT2D eigenvalue weighted by atomic mass is 127. The number of halogens is 5. The highest BCUT2D eigenvalue weighted by Gasteiger charge is 2.30. The van der Waals surface area contributed by atoms with Gasteiger partial charge in [-0.15, -0.1) is 0 Å². The largest absolute Gasteiger partial charge is 0.494 e. The summed E-state index contributed by atoms with van der Waals surface area (Å²) in [6.45, 7) is 0. The Kier molecular flexibility index (Phi) is 4.37. The number of aromatic nitrogens is 3. The van der Waals surface area contributed by atoms with Gasteiger partial charge in [-0.05, 0) is 46.4 Å². The zero-order chi connectivity index (χ0) is 17.5. The maximum atomic E-state index is 14.0. The van der Waals surface area contributed by atoms with Gasteiger partial charge in [0.2, 0.25) is 0 Å². The van der Waals surface area contributed by atoms with Crippen LogP contribution in [0.5, 0.6) is 5.75 Å². The van der Waals surface area contributed by atoms with Gasteiger partial charge in [0, 0.05) is 11.8 Å². The predicted octanol–water partition coefficient (Wildman–Crippen LogP) is 4.48. The second kappa shape index (κ2) is 6.19. The number of nitrogens with one attached hydrogen (secondary N) is 1. The third-order valence-electron chi connectivity index (χ3n) is 3.44. The van der Waals surface area contributed by atoms with Gasteiger partial charge in [-0.1, -0.05) is 0 Å². The molecule has 4 nitrogen and oxygen atoms in total. The van der Waals surface area contributed by atoms with Crippen LogP contribution in [-0.4, -0.2) is 28.5 Å². The molecule has 1 N–H and O–H groups in total. The summed E-state index contributed by atoms with van der Waals surface area (Å²) in [7, 11) is 1.20. The van der Waals surface area contributed by atoms with Crippen LogP contribution >= 0.6 is 22.6 Å². The maximum Gasteiger partial charge on any atom is 0.393 e. The third kappa shape index (κ3) is 3.30. The van der Waals surface area contributed by atoms with Crippen LogP contribution in [0.25, 0.3) is 22.2 Å². The summed E-state index contributed by atoms with van der Waals surface area (Å²) >= 11 is 2.04. The van der Waals surface area contributed by atoms with Crippen molar-refractivity contribution in [3.63, 3.8) is 0 Å². The summed E-state index contributed by atoms with van der Waals surface area (Å²) < 4.78 is 58.1. The molecule has 3 aromatic rings. The lowest BCUT2D eigenvalue weighted by Crippen LogP contribution is -2.13. The van der Waals surface area contributed by atoms with Gasteiger partial charge in [0.15, 0.2) is 11.6 Å². The van der Waals surface area contributed by atoms with E-state index < -0.39 is 18.4 Å². The molecular formula is C15H10F4IN3O. The van der Waals surface area contributed by atoms with Crippen LogP contribution in [0.3, 0.4) is 0 Å². The average Bonchev–Trinajstić information content (AvgIpc) is 2.88. The lowest BCUT2D eigenvalue weighted by atomic mass is 10.00. The monoisotopic (exact) mass is 451 g/mol. The topological polar surface area (TPSA) is 50.8 Å². The van der Waals surface area contributed by atoms with Crippen LogP contribution in [0.15, 0.2) is 24.4 Å². The van der Waals surface area contributed by atoms with E-state index in [4.69, 9.17) is 4.74 Å². The first-order valence-corrected chi connectivity index (χ1v) is 7.79. The molecule has 0 saturated heterocycles. The molecule has 0 spiro atoms. The molecule has 0 aliphatic heterocycles. The molecule has 0 atom stereocenters. The first-order chi connectivity index (χ1) is 11.3. The fraction of sp³-hybridized carbons (Fsp3) is 0.200.